The maximum atomic E-state index is 11.9. The van der Waals surface area contributed by atoms with Crippen LogP contribution >= 0.6 is 0 Å². The van der Waals surface area contributed by atoms with Gasteiger partial charge in [0, 0.05) is 32.2 Å². The average molecular weight is 229 g/mol. The van der Waals surface area contributed by atoms with Crippen molar-refractivity contribution in [2.24, 2.45) is 0 Å². The Kier molecular flexibility index (Phi) is 6.42. The average Bonchev–Trinajstić information content (AvgIpc) is 2.30. The predicted molar refractivity (Wildman–Crippen MR) is 62.0 cm³/mol. The van der Waals surface area contributed by atoms with E-state index in [-0.39, 0.29) is 25.2 Å². The topological polar surface area (TPSA) is 60.8 Å². The van der Waals surface area contributed by atoms with Gasteiger partial charge in [-0.05, 0) is 38.5 Å². The van der Waals surface area contributed by atoms with Crippen molar-refractivity contribution in [3.8, 4) is 0 Å². The smallest absolute Gasteiger partial charge is 0.222 e. The first-order valence-corrected chi connectivity index (χ1v) is 6.30. The third-order valence-corrected chi connectivity index (χ3v) is 3.21. The van der Waals surface area contributed by atoms with Crippen LogP contribution in [-0.4, -0.2) is 46.8 Å². The summed E-state index contributed by atoms with van der Waals surface area (Å²) in [7, 11) is 0. The summed E-state index contributed by atoms with van der Waals surface area (Å²) in [6.07, 6.45) is 5.95. The number of carbonyl (C=O) groups is 1. The van der Waals surface area contributed by atoms with Crippen molar-refractivity contribution < 1.29 is 15.0 Å². The second-order valence-electron chi connectivity index (χ2n) is 4.43. The molecule has 1 heterocycles. The van der Waals surface area contributed by atoms with Crippen LogP contribution in [0.4, 0.5) is 0 Å². The van der Waals surface area contributed by atoms with E-state index in [0.29, 0.717) is 19.3 Å². The Hall–Kier alpha value is -0.610. The molecule has 2 N–H and O–H groups in total. The van der Waals surface area contributed by atoms with Gasteiger partial charge in [0.1, 0.15) is 0 Å². The van der Waals surface area contributed by atoms with Gasteiger partial charge in [-0.1, -0.05) is 0 Å². The number of piperidine rings is 1. The third-order valence-electron chi connectivity index (χ3n) is 3.21. The zero-order chi connectivity index (χ0) is 11.8. The van der Waals surface area contributed by atoms with Gasteiger partial charge in [0.15, 0.2) is 0 Å². The van der Waals surface area contributed by atoms with Crippen LogP contribution < -0.4 is 0 Å². The van der Waals surface area contributed by atoms with Crippen molar-refractivity contribution in [1.82, 2.24) is 4.90 Å². The maximum absolute atomic E-state index is 11.9. The Morgan fingerprint density at radius 3 is 2.69 bits per heavy atom. The molecule has 4 heteroatoms. The number of hydrogen-bond donors (Lipinski definition) is 2. The SMILES string of the molecule is O=C(CCCCO)N1CCCCC1CCO. The van der Waals surface area contributed by atoms with E-state index in [2.05, 4.69) is 0 Å². The van der Waals surface area contributed by atoms with Crippen LogP contribution in [0.1, 0.15) is 44.9 Å². The van der Waals surface area contributed by atoms with E-state index >= 15 is 0 Å². The number of nitrogens with zero attached hydrogens (tertiary/aromatic N) is 1. The van der Waals surface area contributed by atoms with Crippen LogP contribution in [0.25, 0.3) is 0 Å². The molecule has 0 aromatic rings. The third kappa shape index (κ3) is 4.10. The Morgan fingerprint density at radius 2 is 2.00 bits per heavy atom. The van der Waals surface area contributed by atoms with Gasteiger partial charge in [-0.2, -0.15) is 0 Å². The van der Waals surface area contributed by atoms with E-state index < -0.39 is 0 Å². The molecule has 1 fully saturated rings. The molecule has 1 aliphatic heterocycles. The molecule has 4 nitrogen and oxygen atoms in total. The Bertz CT molecular complexity index is 206. The fourth-order valence-electron chi connectivity index (χ4n) is 2.31. The number of carbonyl (C=O) groups excluding carboxylic acids is 1. The van der Waals surface area contributed by atoms with E-state index in [9.17, 15) is 4.79 Å². The van der Waals surface area contributed by atoms with Crippen LogP contribution in [0.15, 0.2) is 0 Å². The Balaban J connectivity index is 2.37. The number of unbranched alkanes of at least 4 members (excludes halogenated alkanes) is 1. The fourth-order valence-corrected chi connectivity index (χ4v) is 2.31. The van der Waals surface area contributed by atoms with Gasteiger partial charge in [0.05, 0.1) is 0 Å². The summed E-state index contributed by atoms with van der Waals surface area (Å²) in [4.78, 5) is 13.8. The summed E-state index contributed by atoms with van der Waals surface area (Å²) >= 11 is 0. The van der Waals surface area contributed by atoms with Crippen molar-refractivity contribution in [2.75, 3.05) is 19.8 Å². The van der Waals surface area contributed by atoms with Gasteiger partial charge in [0.2, 0.25) is 5.91 Å². The molecule has 1 amide bonds. The highest BCUT2D eigenvalue weighted by Gasteiger charge is 2.25. The normalized spacial score (nSPS) is 21.1. The Morgan fingerprint density at radius 1 is 1.19 bits per heavy atom. The maximum Gasteiger partial charge on any atom is 0.222 e. The summed E-state index contributed by atoms with van der Waals surface area (Å²) in [6.45, 7) is 1.15. The molecule has 0 aromatic carbocycles. The van der Waals surface area contributed by atoms with E-state index in [4.69, 9.17) is 10.2 Å². The molecule has 0 aromatic heterocycles. The van der Waals surface area contributed by atoms with Gasteiger partial charge in [0.25, 0.3) is 0 Å². The summed E-state index contributed by atoms with van der Waals surface area (Å²) in [5.74, 6) is 0.187. The minimum Gasteiger partial charge on any atom is -0.396 e. The summed E-state index contributed by atoms with van der Waals surface area (Å²) in [5.41, 5.74) is 0. The van der Waals surface area contributed by atoms with Gasteiger partial charge in [-0.25, -0.2) is 0 Å². The van der Waals surface area contributed by atoms with E-state index in [0.717, 1.165) is 32.2 Å². The molecule has 16 heavy (non-hydrogen) atoms. The molecule has 1 aliphatic rings. The molecule has 1 saturated heterocycles. The first kappa shape index (κ1) is 13.5. The highest BCUT2D eigenvalue weighted by Crippen LogP contribution is 2.20. The minimum atomic E-state index is 0.158. The zero-order valence-electron chi connectivity index (χ0n) is 9.90. The summed E-state index contributed by atoms with van der Waals surface area (Å²) in [6, 6.07) is 0.236. The second kappa shape index (κ2) is 7.63. The van der Waals surface area contributed by atoms with Gasteiger partial charge in [-0.15, -0.1) is 0 Å². The van der Waals surface area contributed by atoms with E-state index in [1.807, 2.05) is 4.90 Å². The number of hydrogen-bond acceptors (Lipinski definition) is 3. The number of aliphatic hydroxyl groups is 2. The standard InChI is InChI=1S/C12H23NO3/c14-9-4-2-6-12(16)13-8-3-1-5-11(13)7-10-15/h11,14-15H,1-10H2. The molecular formula is C12H23NO3. The van der Waals surface area contributed by atoms with Crippen LogP contribution in [0.3, 0.4) is 0 Å². The van der Waals surface area contributed by atoms with E-state index in [1.54, 1.807) is 0 Å². The highest BCUT2D eigenvalue weighted by molar-refractivity contribution is 5.76. The molecule has 0 bridgehead atoms. The lowest BCUT2D eigenvalue weighted by Crippen LogP contribution is -2.44. The predicted octanol–water partition coefficient (Wildman–Crippen LogP) is 0.913. The van der Waals surface area contributed by atoms with Crippen LogP contribution in [-0.2, 0) is 4.79 Å². The van der Waals surface area contributed by atoms with Gasteiger partial charge < -0.3 is 15.1 Å². The quantitative estimate of drug-likeness (QED) is 0.666. The van der Waals surface area contributed by atoms with Crippen LogP contribution in [0.5, 0.6) is 0 Å². The van der Waals surface area contributed by atoms with Crippen LogP contribution in [0.2, 0.25) is 0 Å². The van der Waals surface area contributed by atoms with Gasteiger partial charge in [-0.3, -0.25) is 4.79 Å². The molecular weight excluding hydrogens is 206 g/mol. The first-order valence-electron chi connectivity index (χ1n) is 6.30. The van der Waals surface area contributed by atoms with Crippen molar-refractivity contribution >= 4 is 5.91 Å². The summed E-state index contributed by atoms with van der Waals surface area (Å²) < 4.78 is 0. The largest absolute Gasteiger partial charge is 0.396 e. The molecule has 1 rings (SSSR count). The second-order valence-corrected chi connectivity index (χ2v) is 4.43. The molecule has 0 radical (unpaired) electrons. The molecule has 0 spiro atoms. The molecule has 0 saturated carbocycles. The molecule has 1 atom stereocenters. The van der Waals surface area contributed by atoms with Crippen molar-refractivity contribution in [3.63, 3.8) is 0 Å². The Labute approximate surface area is 97.3 Å². The number of rotatable bonds is 6. The van der Waals surface area contributed by atoms with E-state index in [1.165, 1.54) is 0 Å². The summed E-state index contributed by atoms with van der Waals surface area (Å²) in [5, 5.41) is 17.6. The fraction of sp³-hybridized carbons (Fsp3) is 0.917. The zero-order valence-corrected chi connectivity index (χ0v) is 9.90. The lowest BCUT2D eigenvalue weighted by Gasteiger charge is -2.35. The monoisotopic (exact) mass is 229 g/mol. The number of likely N-dealkylation sites (tertiary alicyclic amines) is 1. The number of amides is 1. The molecule has 94 valence electrons. The van der Waals surface area contributed by atoms with Crippen molar-refractivity contribution in [3.05, 3.63) is 0 Å². The van der Waals surface area contributed by atoms with Crippen molar-refractivity contribution in [1.29, 1.82) is 0 Å². The van der Waals surface area contributed by atoms with Gasteiger partial charge >= 0.3 is 0 Å². The minimum absolute atomic E-state index is 0.158. The first-order chi connectivity index (χ1) is 7.79. The molecule has 0 aliphatic carbocycles. The lowest BCUT2D eigenvalue weighted by molar-refractivity contribution is -0.135. The highest BCUT2D eigenvalue weighted by atomic mass is 16.3. The lowest BCUT2D eigenvalue weighted by atomic mass is 9.99. The molecule has 1 unspecified atom stereocenters. The van der Waals surface area contributed by atoms with Crippen LogP contribution in [0, 0.1) is 0 Å². The van der Waals surface area contributed by atoms with Crippen molar-refractivity contribution in [2.45, 2.75) is 51.0 Å². The number of aliphatic hydroxyl groups excluding tert-OH is 2.